The van der Waals surface area contributed by atoms with Gasteiger partial charge in [-0.05, 0) is 41.0 Å². The minimum absolute atomic E-state index is 0.0248. The number of phenols is 1. The van der Waals surface area contributed by atoms with E-state index in [9.17, 15) is 9.90 Å². The number of nitrogens with one attached hydrogen (secondary N) is 1. The van der Waals surface area contributed by atoms with E-state index in [1.807, 2.05) is 54.6 Å². The van der Waals surface area contributed by atoms with Crippen LogP contribution in [0, 0.1) is 0 Å². The largest absolute Gasteiger partial charge is 0.507 e. The third kappa shape index (κ3) is 3.42. The Morgan fingerprint density at radius 3 is 2.58 bits per heavy atom. The van der Waals surface area contributed by atoms with Crippen molar-refractivity contribution >= 4 is 16.7 Å². The van der Waals surface area contributed by atoms with Crippen molar-refractivity contribution in [2.45, 2.75) is 12.5 Å². The van der Waals surface area contributed by atoms with Crippen molar-refractivity contribution in [3.05, 3.63) is 94.3 Å². The van der Waals surface area contributed by atoms with Gasteiger partial charge >= 0.3 is 5.63 Å². The molecule has 0 radical (unpaired) electrons. The Labute approximate surface area is 178 Å². The smallest absolute Gasteiger partial charge is 0.336 e. The second kappa shape index (κ2) is 7.65. The van der Waals surface area contributed by atoms with Crippen molar-refractivity contribution in [3.63, 3.8) is 0 Å². The lowest BCUT2D eigenvalue weighted by atomic mass is 9.95. The van der Waals surface area contributed by atoms with Crippen LogP contribution < -0.4 is 15.8 Å². The number of hydrazone groups is 1. The van der Waals surface area contributed by atoms with E-state index in [0.29, 0.717) is 23.3 Å². The van der Waals surface area contributed by atoms with Crippen molar-refractivity contribution in [3.8, 4) is 22.6 Å². The molecule has 0 spiro atoms. The summed E-state index contributed by atoms with van der Waals surface area (Å²) in [4.78, 5) is 12.4. The molecule has 2 heterocycles. The van der Waals surface area contributed by atoms with E-state index in [1.54, 1.807) is 19.2 Å². The summed E-state index contributed by atoms with van der Waals surface area (Å²) in [5.74, 6) is 0.807. The second-order valence-electron chi connectivity index (χ2n) is 7.40. The van der Waals surface area contributed by atoms with Crippen LogP contribution in [-0.2, 0) is 0 Å². The summed E-state index contributed by atoms with van der Waals surface area (Å²) < 4.78 is 10.8. The molecule has 1 aromatic heterocycles. The van der Waals surface area contributed by atoms with Gasteiger partial charge in [-0.3, -0.25) is 0 Å². The highest BCUT2D eigenvalue weighted by atomic mass is 16.5. The number of aromatic hydroxyl groups is 1. The van der Waals surface area contributed by atoms with Gasteiger partial charge in [0, 0.05) is 17.9 Å². The zero-order valence-corrected chi connectivity index (χ0v) is 16.8. The number of rotatable bonds is 4. The van der Waals surface area contributed by atoms with Crippen molar-refractivity contribution in [1.82, 2.24) is 5.43 Å². The van der Waals surface area contributed by atoms with Crippen LogP contribution in [0.4, 0.5) is 0 Å². The fourth-order valence-electron chi connectivity index (χ4n) is 3.98. The first-order valence-electron chi connectivity index (χ1n) is 9.95. The molecule has 4 aromatic rings. The molecule has 2 N–H and O–H groups in total. The van der Waals surface area contributed by atoms with Gasteiger partial charge in [0.25, 0.3) is 0 Å². The van der Waals surface area contributed by atoms with Gasteiger partial charge in [0.05, 0.1) is 24.4 Å². The molecule has 1 unspecified atom stereocenters. The van der Waals surface area contributed by atoms with Crippen LogP contribution in [-0.4, -0.2) is 17.9 Å². The first-order valence-corrected chi connectivity index (χ1v) is 9.95. The van der Waals surface area contributed by atoms with Crippen molar-refractivity contribution < 1.29 is 14.3 Å². The summed E-state index contributed by atoms with van der Waals surface area (Å²) in [5.41, 5.74) is 6.77. The average Bonchev–Trinajstić information content (AvgIpc) is 3.28. The van der Waals surface area contributed by atoms with E-state index in [-0.39, 0.29) is 11.8 Å². The molecule has 6 nitrogen and oxygen atoms in total. The Kier molecular flexibility index (Phi) is 4.67. The van der Waals surface area contributed by atoms with Crippen LogP contribution in [0.1, 0.15) is 23.6 Å². The van der Waals surface area contributed by atoms with Crippen molar-refractivity contribution in [2.24, 2.45) is 5.10 Å². The Morgan fingerprint density at radius 2 is 1.84 bits per heavy atom. The predicted octanol–water partition coefficient (Wildman–Crippen LogP) is 4.61. The lowest BCUT2D eigenvalue weighted by Crippen LogP contribution is -2.10. The molecule has 0 amide bonds. The van der Waals surface area contributed by atoms with E-state index in [2.05, 4.69) is 10.5 Å². The van der Waals surface area contributed by atoms with E-state index in [4.69, 9.17) is 9.15 Å². The maximum absolute atomic E-state index is 12.4. The average molecular weight is 412 g/mol. The quantitative estimate of drug-likeness (QED) is 0.478. The molecule has 1 atom stereocenters. The number of benzene rings is 3. The fourth-order valence-corrected chi connectivity index (χ4v) is 3.98. The topological polar surface area (TPSA) is 84.1 Å². The van der Waals surface area contributed by atoms with Crippen molar-refractivity contribution in [2.75, 3.05) is 7.11 Å². The van der Waals surface area contributed by atoms with Crippen LogP contribution in [0.2, 0.25) is 0 Å². The minimum Gasteiger partial charge on any atom is -0.507 e. The van der Waals surface area contributed by atoms with E-state index in [0.717, 1.165) is 27.8 Å². The third-order valence-electron chi connectivity index (χ3n) is 5.54. The van der Waals surface area contributed by atoms with Crippen LogP contribution >= 0.6 is 0 Å². The van der Waals surface area contributed by atoms with E-state index < -0.39 is 5.63 Å². The SMILES string of the molecule is COc1ccc(C2CC(c3c(O)ccc4c(-c5ccccc5)cc(=O)oc34)=NN2)cc1. The van der Waals surface area contributed by atoms with Gasteiger partial charge in [-0.25, -0.2) is 4.79 Å². The Balaban J connectivity index is 1.58. The number of phenolic OH excluding ortho intramolecular Hbond substituents is 1. The number of methoxy groups -OCH3 is 1. The lowest BCUT2D eigenvalue weighted by molar-refractivity contribution is 0.414. The summed E-state index contributed by atoms with van der Waals surface area (Å²) in [5, 5.41) is 15.9. The number of hydrogen-bond donors (Lipinski definition) is 2. The highest BCUT2D eigenvalue weighted by molar-refractivity contribution is 6.13. The molecule has 154 valence electrons. The molecule has 31 heavy (non-hydrogen) atoms. The summed E-state index contributed by atoms with van der Waals surface area (Å²) >= 11 is 0. The van der Waals surface area contributed by atoms with Gasteiger partial charge in [0.2, 0.25) is 0 Å². The Hall–Kier alpha value is -4.06. The molecular formula is C25H20N2O4. The molecule has 0 saturated heterocycles. The molecule has 0 aliphatic carbocycles. The Bertz CT molecular complexity index is 1340. The second-order valence-corrected chi connectivity index (χ2v) is 7.40. The monoisotopic (exact) mass is 412 g/mol. The first kappa shape index (κ1) is 18.9. The molecule has 0 bridgehead atoms. The lowest BCUT2D eigenvalue weighted by Gasteiger charge is -2.12. The van der Waals surface area contributed by atoms with Crippen LogP contribution in [0.3, 0.4) is 0 Å². The molecular weight excluding hydrogens is 392 g/mol. The van der Waals surface area contributed by atoms with Gasteiger partial charge in [-0.2, -0.15) is 5.10 Å². The molecule has 0 saturated carbocycles. The molecule has 1 aliphatic heterocycles. The summed E-state index contributed by atoms with van der Waals surface area (Å²) in [6.07, 6.45) is 0.540. The van der Waals surface area contributed by atoms with Gasteiger partial charge in [-0.15, -0.1) is 0 Å². The number of hydrogen-bond acceptors (Lipinski definition) is 6. The predicted molar refractivity (Wildman–Crippen MR) is 120 cm³/mol. The van der Waals surface area contributed by atoms with Gasteiger partial charge in [0.15, 0.2) is 5.58 Å². The van der Waals surface area contributed by atoms with Crippen LogP contribution in [0.15, 0.2) is 87.1 Å². The number of ether oxygens (including phenoxy) is 1. The first-order chi connectivity index (χ1) is 15.1. The standard InChI is InChI=1S/C25H20N2O4/c1-30-17-9-7-16(8-10-17)20-14-21(27-26-20)24-22(28)12-11-18-19(13-23(29)31-25(18)24)15-5-3-2-4-6-15/h2-13,20,26,28H,14H2,1H3. The maximum Gasteiger partial charge on any atom is 0.336 e. The molecule has 1 aliphatic rings. The fraction of sp³-hybridized carbons (Fsp3) is 0.120. The molecule has 0 fully saturated rings. The summed E-state index contributed by atoms with van der Waals surface area (Å²) in [6.45, 7) is 0. The zero-order chi connectivity index (χ0) is 21.4. The zero-order valence-electron chi connectivity index (χ0n) is 16.8. The van der Waals surface area contributed by atoms with Crippen molar-refractivity contribution in [1.29, 1.82) is 0 Å². The van der Waals surface area contributed by atoms with Crippen LogP contribution in [0.25, 0.3) is 22.1 Å². The van der Waals surface area contributed by atoms with Gasteiger partial charge in [-0.1, -0.05) is 42.5 Å². The number of fused-ring (bicyclic) bond motifs is 1. The van der Waals surface area contributed by atoms with Gasteiger partial charge in [0.1, 0.15) is 11.5 Å². The molecule has 5 rings (SSSR count). The van der Waals surface area contributed by atoms with E-state index in [1.165, 1.54) is 6.07 Å². The maximum atomic E-state index is 12.4. The van der Waals surface area contributed by atoms with Crippen LogP contribution in [0.5, 0.6) is 11.5 Å². The highest BCUT2D eigenvalue weighted by Crippen LogP contribution is 2.36. The normalized spacial score (nSPS) is 15.5. The highest BCUT2D eigenvalue weighted by Gasteiger charge is 2.26. The van der Waals surface area contributed by atoms with E-state index >= 15 is 0 Å². The number of nitrogens with zero attached hydrogens (tertiary/aromatic N) is 1. The summed E-state index contributed by atoms with van der Waals surface area (Å²) in [7, 11) is 1.63. The molecule has 6 heteroatoms. The summed E-state index contributed by atoms with van der Waals surface area (Å²) in [6, 6.07) is 22.2. The van der Waals surface area contributed by atoms with Gasteiger partial charge < -0.3 is 19.7 Å². The molecule has 3 aromatic carbocycles. The Morgan fingerprint density at radius 1 is 1.06 bits per heavy atom. The minimum atomic E-state index is -0.475. The third-order valence-corrected chi connectivity index (χ3v) is 5.54.